The van der Waals surface area contributed by atoms with Crippen molar-refractivity contribution in [1.82, 2.24) is 0 Å². The molecule has 2 unspecified atom stereocenters. The van der Waals surface area contributed by atoms with Crippen LogP contribution in [0.3, 0.4) is 0 Å². The van der Waals surface area contributed by atoms with Crippen LogP contribution in [0.15, 0.2) is 72.8 Å². The van der Waals surface area contributed by atoms with Gasteiger partial charge < -0.3 is 0 Å². The summed E-state index contributed by atoms with van der Waals surface area (Å²) in [5.41, 5.74) is 5.65. The minimum absolute atomic E-state index is 0.292. The molecule has 0 aromatic heterocycles. The van der Waals surface area contributed by atoms with Crippen LogP contribution in [0.4, 0.5) is 0 Å². The Kier molecular flexibility index (Phi) is 8.37. The van der Waals surface area contributed by atoms with Crippen molar-refractivity contribution < 1.29 is 0 Å². The summed E-state index contributed by atoms with van der Waals surface area (Å²) in [6.45, 7) is 4.42. The molecule has 3 aromatic rings. The van der Waals surface area contributed by atoms with Gasteiger partial charge in [0.25, 0.3) is 0 Å². The standard InChI is InChI=1S/C27H26AsClN2/c1-19-5-3-8-24(15-19)27(13-14-30)28-20(2)26(17-21-9-11-25(29)12-10-21)23-7-4-6-22(16-23)18-31/h3-12,15-16,20,26-28H,13,17H2,1-2H3/t20-,26?,27-/m0/s1. The molecule has 0 saturated carbocycles. The maximum atomic E-state index is 9.49. The second-order valence-electron chi connectivity index (χ2n) is 7.96. The second-order valence-corrected chi connectivity index (χ2v) is 12.5. The third-order valence-corrected chi connectivity index (χ3v) is 9.79. The van der Waals surface area contributed by atoms with Gasteiger partial charge in [-0.05, 0) is 0 Å². The number of rotatable bonds is 8. The van der Waals surface area contributed by atoms with Gasteiger partial charge in [-0.2, -0.15) is 0 Å². The molecule has 3 aromatic carbocycles. The minimum atomic E-state index is -0.486. The molecule has 0 fully saturated rings. The molecule has 3 rings (SSSR count). The van der Waals surface area contributed by atoms with E-state index in [0.29, 0.717) is 27.3 Å². The first-order chi connectivity index (χ1) is 15.0. The number of nitrogens with zero attached hydrogens (tertiary/aromatic N) is 2. The molecule has 0 spiro atoms. The quantitative estimate of drug-likeness (QED) is 0.329. The Morgan fingerprint density at radius 1 is 0.935 bits per heavy atom. The number of nitriles is 2. The van der Waals surface area contributed by atoms with Gasteiger partial charge in [-0.25, -0.2) is 0 Å². The van der Waals surface area contributed by atoms with Crippen LogP contribution in [0.2, 0.25) is 9.73 Å². The number of halogens is 1. The molecule has 4 atom stereocenters. The molecule has 0 radical (unpaired) electrons. The molecule has 0 bridgehead atoms. The molecule has 0 aliphatic carbocycles. The first-order valence-electron chi connectivity index (χ1n) is 10.4. The Hall–Kier alpha value is -2.51. The Balaban J connectivity index is 1.91. The van der Waals surface area contributed by atoms with E-state index in [2.05, 4.69) is 68.5 Å². The third kappa shape index (κ3) is 6.48. The first-order valence-corrected chi connectivity index (χ1v) is 13.2. The van der Waals surface area contributed by atoms with Crippen molar-refractivity contribution in [1.29, 1.82) is 10.5 Å². The van der Waals surface area contributed by atoms with Gasteiger partial charge in [-0.3, -0.25) is 0 Å². The molecule has 0 N–H and O–H groups in total. The SMILES string of the molecule is Cc1cccc([C@H](CC#N)[AsH][C@@H](C)C(Cc2ccc(Cl)cc2)c2cccc(C#N)c2)c1. The van der Waals surface area contributed by atoms with E-state index in [1.165, 1.54) is 22.3 Å². The van der Waals surface area contributed by atoms with Gasteiger partial charge in [0.05, 0.1) is 0 Å². The van der Waals surface area contributed by atoms with Crippen molar-refractivity contribution >= 4 is 27.4 Å². The van der Waals surface area contributed by atoms with E-state index in [1.807, 2.05) is 30.3 Å². The van der Waals surface area contributed by atoms with Gasteiger partial charge in [0.15, 0.2) is 0 Å². The average Bonchev–Trinajstić information content (AvgIpc) is 2.78. The monoisotopic (exact) mass is 488 g/mol. The van der Waals surface area contributed by atoms with Gasteiger partial charge in [-0.15, -0.1) is 0 Å². The van der Waals surface area contributed by atoms with E-state index >= 15 is 0 Å². The van der Waals surface area contributed by atoms with E-state index in [0.717, 1.165) is 11.4 Å². The van der Waals surface area contributed by atoms with Gasteiger partial charge in [0.2, 0.25) is 0 Å². The van der Waals surface area contributed by atoms with Crippen molar-refractivity contribution in [2.24, 2.45) is 0 Å². The fourth-order valence-corrected chi connectivity index (χ4v) is 7.80. The fourth-order valence-electron chi connectivity index (χ4n) is 3.98. The summed E-state index contributed by atoms with van der Waals surface area (Å²) in [5.74, 6) is 0.292. The predicted octanol–water partition coefficient (Wildman–Crippen LogP) is 6.75. The van der Waals surface area contributed by atoms with Gasteiger partial charge >= 0.3 is 198 Å². The molecule has 31 heavy (non-hydrogen) atoms. The topological polar surface area (TPSA) is 47.6 Å². The zero-order valence-corrected chi connectivity index (χ0v) is 20.7. The van der Waals surface area contributed by atoms with Crippen molar-refractivity contribution in [3.05, 3.63) is 106 Å². The number of aryl methyl sites for hydroxylation is 1. The maximum absolute atomic E-state index is 9.49. The summed E-state index contributed by atoms with van der Waals surface area (Å²) in [7, 11) is 0. The van der Waals surface area contributed by atoms with Crippen molar-refractivity contribution in [3.8, 4) is 12.1 Å². The molecule has 0 aliphatic rings. The normalized spacial score (nSPS) is 14.0. The Morgan fingerprint density at radius 2 is 1.65 bits per heavy atom. The van der Waals surface area contributed by atoms with Crippen LogP contribution in [0.1, 0.15) is 51.8 Å². The predicted molar refractivity (Wildman–Crippen MR) is 130 cm³/mol. The molecule has 0 heterocycles. The molecule has 0 aliphatic heterocycles. The summed E-state index contributed by atoms with van der Waals surface area (Å²) < 4.78 is 0.759. The zero-order chi connectivity index (χ0) is 22.2. The van der Waals surface area contributed by atoms with Crippen molar-refractivity contribution in [2.75, 3.05) is 0 Å². The van der Waals surface area contributed by atoms with E-state index in [4.69, 9.17) is 11.6 Å². The Morgan fingerprint density at radius 3 is 2.32 bits per heavy atom. The average molecular weight is 489 g/mol. The van der Waals surface area contributed by atoms with Crippen LogP contribution in [-0.2, 0) is 6.42 Å². The molecular weight excluding hydrogens is 463 g/mol. The van der Waals surface area contributed by atoms with Crippen LogP contribution in [0.25, 0.3) is 0 Å². The number of benzene rings is 3. The van der Waals surface area contributed by atoms with E-state index in [-0.39, 0.29) is 0 Å². The summed E-state index contributed by atoms with van der Waals surface area (Å²) in [6, 6.07) is 29.3. The zero-order valence-electron chi connectivity index (χ0n) is 17.8. The van der Waals surface area contributed by atoms with Gasteiger partial charge in [0.1, 0.15) is 0 Å². The number of hydrogen-bond donors (Lipinski definition) is 0. The Bertz CT molecular complexity index is 1100. The summed E-state index contributed by atoms with van der Waals surface area (Å²) in [4.78, 5) is 0. The van der Waals surface area contributed by atoms with Crippen LogP contribution in [0.5, 0.6) is 0 Å². The van der Waals surface area contributed by atoms with E-state index < -0.39 is 15.8 Å². The Labute approximate surface area is 197 Å². The second kappa shape index (κ2) is 11.2. The molecule has 156 valence electrons. The molecule has 0 saturated heterocycles. The molecular formula is C27H26AsClN2. The van der Waals surface area contributed by atoms with E-state index in [1.54, 1.807) is 0 Å². The molecule has 2 nitrogen and oxygen atoms in total. The van der Waals surface area contributed by atoms with E-state index in [9.17, 15) is 10.5 Å². The van der Waals surface area contributed by atoms with Gasteiger partial charge in [0, 0.05) is 0 Å². The summed E-state index contributed by atoms with van der Waals surface area (Å²) >= 11 is 5.61. The first kappa shape index (κ1) is 23.2. The third-order valence-electron chi connectivity index (χ3n) is 5.62. The van der Waals surface area contributed by atoms with Crippen molar-refractivity contribution in [3.63, 3.8) is 0 Å². The fraction of sp³-hybridized carbons (Fsp3) is 0.259. The van der Waals surface area contributed by atoms with Crippen LogP contribution < -0.4 is 0 Å². The molecule has 0 amide bonds. The number of hydrogen-bond acceptors (Lipinski definition) is 2. The molecule has 4 heteroatoms. The van der Waals surface area contributed by atoms with Crippen LogP contribution >= 0.6 is 11.6 Å². The van der Waals surface area contributed by atoms with Crippen LogP contribution in [0, 0.1) is 29.6 Å². The summed E-state index contributed by atoms with van der Waals surface area (Å²) in [5, 5.41) is 19.6. The van der Waals surface area contributed by atoms with Crippen LogP contribution in [-0.4, -0.2) is 15.8 Å². The van der Waals surface area contributed by atoms with Gasteiger partial charge in [-0.1, -0.05) is 0 Å². The summed E-state index contributed by atoms with van der Waals surface area (Å²) in [6.07, 6.45) is 1.45. The van der Waals surface area contributed by atoms with Crippen molar-refractivity contribution in [2.45, 2.75) is 42.0 Å².